The Morgan fingerprint density at radius 2 is 2.00 bits per heavy atom. The number of carboxylic acid groups (broad SMARTS) is 1. The molecule has 1 aliphatic heterocycles. The minimum atomic E-state index is -0.795. The zero-order valence-corrected chi connectivity index (χ0v) is 11.6. The third-order valence-electron chi connectivity index (χ3n) is 4.63. The minimum Gasteiger partial charge on any atom is -0.481 e. The summed E-state index contributed by atoms with van der Waals surface area (Å²) < 4.78 is 0. The van der Waals surface area contributed by atoms with Gasteiger partial charge in [0, 0.05) is 19.6 Å². The second-order valence-electron chi connectivity index (χ2n) is 5.98. The maximum atomic E-state index is 12.0. The van der Waals surface area contributed by atoms with E-state index in [0.717, 1.165) is 6.54 Å². The molecular weight excluding hydrogens is 244 g/mol. The Labute approximate surface area is 114 Å². The number of amides is 2. The minimum absolute atomic E-state index is 0.0958. The van der Waals surface area contributed by atoms with E-state index in [9.17, 15) is 9.59 Å². The van der Waals surface area contributed by atoms with Crippen LogP contribution in [0.3, 0.4) is 0 Å². The molecule has 108 valence electrons. The molecule has 0 spiro atoms. The number of hydrogen-bond acceptors (Lipinski definition) is 2. The summed E-state index contributed by atoms with van der Waals surface area (Å²) in [6.45, 7) is 3.89. The molecule has 1 saturated heterocycles. The van der Waals surface area contributed by atoms with Crippen molar-refractivity contribution in [3.8, 4) is 0 Å². The Morgan fingerprint density at radius 1 is 1.26 bits per heavy atom. The molecule has 0 aromatic carbocycles. The Kier molecular flexibility index (Phi) is 4.66. The molecule has 1 heterocycles. The molecule has 2 aliphatic rings. The van der Waals surface area contributed by atoms with Crippen molar-refractivity contribution in [3.63, 3.8) is 0 Å². The van der Waals surface area contributed by atoms with Gasteiger partial charge in [0.15, 0.2) is 0 Å². The standard InChI is InChI=1S/C14H24N2O3/c1-10-4-2-3-5-11(10)8-15-14(19)16-7-6-12(9-16)13(17)18/h10-12H,2-9H2,1H3,(H,15,19)(H,17,18). The highest BCUT2D eigenvalue weighted by atomic mass is 16.4. The first-order valence-electron chi connectivity index (χ1n) is 7.33. The van der Waals surface area contributed by atoms with E-state index >= 15 is 0 Å². The van der Waals surface area contributed by atoms with Crippen LogP contribution >= 0.6 is 0 Å². The van der Waals surface area contributed by atoms with Crippen LogP contribution in [0.25, 0.3) is 0 Å². The lowest BCUT2D eigenvalue weighted by Gasteiger charge is -2.29. The second kappa shape index (κ2) is 6.26. The topological polar surface area (TPSA) is 69.6 Å². The summed E-state index contributed by atoms with van der Waals surface area (Å²) in [7, 11) is 0. The molecule has 2 rings (SSSR count). The number of urea groups is 1. The van der Waals surface area contributed by atoms with Crippen molar-refractivity contribution in [1.82, 2.24) is 10.2 Å². The first-order chi connectivity index (χ1) is 9.08. The summed E-state index contributed by atoms with van der Waals surface area (Å²) in [5.74, 6) is 0.0746. The molecule has 19 heavy (non-hydrogen) atoms. The molecule has 5 heteroatoms. The summed E-state index contributed by atoms with van der Waals surface area (Å²) in [5.41, 5.74) is 0. The van der Waals surface area contributed by atoms with Crippen LogP contribution in [-0.2, 0) is 4.79 Å². The highest BCUT2D eigenvalue weighted by Crippen LogP contribution is 2.29. The fraction of sp³-hybridized carbons (Fsp3) is 0.857. The Morgan fingerprint density at radius 3 is 2.63 bits per heavy atom. The Hall–Kier alpha value is -1.26. The van der Waals surface area contributed by atoms with E-state index < -0.39 is 5.97 Å². The van der Waals surface area contributed by atoms with Gasteiger partial charge in [-0.05, 0) is 24.7 Å². The molecule has 1 saturated carbocycles. The van der Waals surface area contributed by atoms with Crippen molar-refractivity contribution in [3.05, 3.63) is 0 Å². The van der Waals surface area contributed by atoms with Gasteiger partial charge in [-0.3, -0.25) is 4.79 Å². The molecule has 5 nitrogen and oxygen atoms in total. The van der Waals surface area contributed by atoms with Crippen molar-refractivity contribution in [2.75, 3.05) is 19.6 Å². The number of carboxylic acids is 1. The molecule has 2 amide bonds. The van der Waals surface area contributed by atoms with E-state index in [-0.39, 0.29) is 11.9 Å². The first-order valence-corrected chi connectivity index (χ1v) is 7.33. The largest absolute Gasteiger partial charge is 0.481 e. The highest BCUT2D eigenvalue weighted by molar-refractivity contribution is 5.77. The van der Waals surface area contributed by atoms with Gasteiger partial charge in [0.1, 0.15) is 0 Å². The maximum Gasteiger partial charge on any atom is 0.317 e. The molecule has 3 atom stereocenters. The van der Waals surface area contributed by atoms with E-state index in [1.807, 2.05) is 0 Å². The molecule has 1 aliphatic carbocycles. The van der Waals surface area contributed by atoms with Gasteiger partial charge < -0.3 is 15.3 Å². The summed E-state index contributed by atoms with van der Waals surface area (Å²) in [6.07, 6.45) is 5.58. The van der Waals surface area contributed by atoms with Crippen LogP contribution in [0.4, 0.5) is 4.79 Å². The number of rotatable bonds is 3. The number of aliphatic carboxylic acids is 1. The molecular formula is C14H24N2O3. The number of carbonyl (C=O) groups is 2. The maximum absolute atomic E-state index is 12.0. The fourth-order valence-electron chi connectivity index (χ4n) is 3.17. The van der Waals surface area contributed by atoms with Crippen LogP contribution in [-0.4, -0.2) is 41.6 Å². The molecule has 0 aromatic rings. The van der Waals surface area contributed by atoms with Gasteiger partial charge in [-0.15, -0.1) is 0 Å². The van der Waals surface area contributed by atoms with Crippen LogP contribution < -0.4 is 5.32 Å². The van der Waals surface area contributed by atoms with Crippen molar-refractivity contribution in [2.24, 2.45) is 17.8 Å². The third kappa shape index (κ3) is 3.61. The SMILES string of the molecule is CC1CCCCC1CNC(=O)N1CCC(C(=O)O)C1. The summed E-state index contributed by atoms with van der Waals surface area (Å²) in [4.78, 5) is 24.5. The normalized spacial score (nSPS) is 31.2. The summed E-state index contributed by atoms with van der Waals surface area (Å²) in [6, 6.07) is -0.0958. The van der Waals surface area contributed by atoms with Crippen molar-refractivity contribution < 1.29 is 14.7 Å². The fourth-order valence-corrected chi connectivity index (χ4v) is 3.17. The molecule has 0 radical (unpaired) electrons. The van der Waals surface area contributed by atoms with E-state index in [1.54, 1.807) is 4.90 Å². The molecule has 2 N–H and O–H groups in total. The predicted molar refractivity (Wildman–Crippen MR) is 71.8 cm³/mol. The molecule has 0 aromatic heterocycles. The van der Waals surface area contributed by atoms with Crippen LogP contribution in [0, 0.1) is 17.8 Å². The quantitative estimate of drug-likeness (QED) is 0.821. The lowest BCUT2D eigenvalue weighted by Crippen LogP contribution is -2.42. The van der Waals surface area contributed by atoms with E-state index in [1.165, 1.54) is 25.7 Å². The number of hydrogen-bond donors (Lipinski definition) is 2. The van der Waals surface area contributed by atoms with E-state index in [0.29, 0.717) is 31.3 Å². The molecule has 2 fully saturated rings. The zero-order chi connectivity index (χ0) is 13.8. The van der Waals surface area contributed by atoms with Gasteiger partial charge in [-0.1, -0.05) is 26.2 Å². The smallest absolute Gasteiger partial charge is 0.317 e. The highest BCUT2D eigenvalue weighted by Gasteiger charge is 2.31. The van der Waals surface area contributed by atoms with E-state index in [2.05, 4.69) is 12.2 Å². The van der Waals surface area contributed by atoms with E-state index in [4.69, 9.17) is 5.11 Å². The number of nitrogens with zero attached hydrogens (tertiary/aromatic N) is 1. The van der Waals surface area contributed by atoms with Crippen LogP contribution in [0.1, 0.15) is 39.0 Å². The first kappa shape index (κ1) is 14.2. The van der Waals surface area contributed by atoms with Crippen LogP contribution in [0.5, 0.6) is 0 Å². The predicted octanol–water partition coefficient (Wildman–Crippen LogP) is 1.93. The average Bonchev–Trinajstić information content (AvgIpc) is 2.87. The Bertz CT molecular complexity index is 346. The summed E-state index contributed by atoms with van der Waals surface area (Å²) >= 11 is 0. The summed E-state index contributed by atoms with van der Waals surface area (Å²) in [5, 5.41) is 11.9. The van der Waals surface area contributed by atoms with Gasteiger partial charge in [0.2, 0.25) is 0 Å². The number of nitrogens with one attached hydrogen (secondary N) is 1. The number of carbonyl (C=O) groups excluding carboxylic acids is 1. The van der Waals surface area contributed by atoms with Crippen molar-refractivity contribution >= 4 is 12.0 Å². The van der Waals surface area contributed by atoms with Gasteiger partial charge in [-0.2, -0.15) is 0 Å². The second-order valence-corrected chi connectivity index (χ2v) is 5.98. The average molecular weight is 268 g/mol. The van der Waals surface area contributed by atoms with Gasteiger partial charge in [0.25, 0.3) is 0 Å². The number of likely N-dealkylation sites (tertiary alicyclic amines) is 1. The third-order valence-corrected chi connectivity index (χ3v) is 4.63. The lowest BCUT2D eigenvalue weighted by atomic mass is 9.80. The Balaban J connectivity index is 1.74. The lowest BCUT2D eigenvalue weighted by molar-refractivity contribution is -0.141. The van der Waals surface area contributed by atoms with Crippen LogP contribution in [0.2, 0.25) is 0 Å². The van der Waals surface area contributed by atoms with Gasteiger partial charge >= 0.3 is 12.0 Å². The van der Waals surface area contributed by atoms with Crippen molar-refractivity contribution in [2.45, 2.75) is 39.0 Å². The monoisotopic (exact) mass is 268 g/mol. The molecule has 0 bridgehead atoms. The molecule has 3 unspecified atom stereocenters. The van der Waals surface area contributed by atoms with Gasteiger partial charge in [0.05, 0.1) is 5.92 Å². The van der Waals surface area contributed by atoms with Crippen LogP contribution in [0.15, 0.2) is 0 Å². The zero-order valence-electron chi connectivity index (χ0n) is 11.6. The van der Waals surface area contributed by atoms with Crippen molar-refractivity contribution in [1.29, 1.82) is 0 Å². The van der Waals surface area contributed by atoms with Gasteiger partial charge in [-0.25, -0.2) is 4.79 Å².